The van der Waals surface area contributed by atoms with E-state index in [9.17, 15) is 9.59 Å². The van der Waals surface area contributed by atoms with Crippen LogP contribution < -0.4 is 15.0 Å². The minimum Gasteiger partial charge on any atom is -0.495 e. The first-order valence-corrected chi connectivity index (χ1v) is 7.91. The van der Waals surface area contributed by atoms with Crippen LogP contribution in [0.4, 0.5) is 11.4 Å². The second-order valence-electron chi connectivity index (χ2n) is 5.85. The summed E-state index contributed by atoms with van der Waals surface area (Å²) >= 11 is 0. The van der Waals surface area contributed by atoms with E-state index >= 15 is 0 Å². The van der Waals surface area contributed by atoms with Crippen LogP contribution in [0.25, 0.3) is 0 Å². The van der Waals surface area contributed by atoms with Crippen molar-refractivity contribution in [2.45, 2.75) is 19.8 Å². The van der Waals surface area contributed by atoms with E-state index in [-0.39, 0.29) is 18.2 Å². The van der Waals surface area contributed by atoms with Gasteiger partial charge in [0.2, 0.25) is 11.8 Å². The van der Waals surface area contributed by atoms with Gasteiger partial charge in [0.1, 0.15) is 12.2 Å². The second kappa shape index (κ2) is 6.74. The highest BCUT2D eigenvalue weighted by Gasteiger charge is 2.25. The van der Waals surface area contributed by atoms with Crippen LogP contribution in [0.2, 0.25) is 0 Å². The van der Waals surface area contributed by atoms with Crippen LogP contribution in [0.1, 0.15) is 17.5 Å². The monoisotopic (exact) mass is 324 g/mol. The molecule has 5 nitrogen and oxygen atoms in total. The molecule has 1 aliphatic heterocycles. The first-order chi connectivity index (χ1) is 11.6. The third-order valence-electron chi connectivity index (χ3n) is 4.13. The summed E-state index contributed by atoms with van der Waals surface area (Å²) in [6.07, 6.45) is 0.640. The summed E-state index contributed by atoms with van der Waals surface area (Å²) in [4.78, 5) is 26.4. The van der Waals surface area contributed by atoms with Gasteiger partial charge in [0.05, 0.1) is 12.8 Å². The number of carbonyl (C=O) groups is 2. The van der Waals surface area contributed by atoms with Crippen molar-refractivity contribution in [2.24, 2.45) is 0 Å². The number of benzene rings is 2. The molecule has 3 rings (SSSR count). The number of amides is 2. The lowest BCUT2D eigenvalue weighted by Crippen LogP contribution is -2.32. The highest BCUT2D eigenvalue weighted by Crippen LogP contribution is 2.28. The number of ether oxygens (including phenoxy) is 1. The number of aryl methyl sites for hydroxylation is 1. The zero-order valence-corrected chi connectivity index (χ0v) is 13.8. The number of carbonyl (C=O) groups excluding carboxylic acids is 2. The molecule has 1 heterocycles. The lowest BCUT2D eigenvalue weighted by Gasteiger charge is -2.17. The predicted molar refractivity (Wildman–Crippen MR) is 93.5 cm³/mol. The molecule has 0 aromatic heterocycles. The van der Waals surface area contributed by atoms with E-state index in [0.29, 0.717) is 18.0 Å². The lowest BCUT2D eigenvalue weighted by molar-refractivity contribution is -0.125. The average molecular weight is 324 g/mol. The average Bonchev–Trinajstić information content (AvgIpc) is 2.99. The van der Waals surface area contributed by atoms with Gasteiger partial charge in [-0.05, 0) is 42.7 Å². The van der Waals surface area contributed by atoms with Gasteiger partial charge in [0.15, 0.2) is 0 Å². The van der Waals surface area contributed by atoms with Gasteiger partial charge in [0.25, 0.3) is 0 Å². The summed E-state index contributed by atoms with van der Waals surface area (Å²) in [5.74, 6) is 0.0465. The molecule has 5 heteroatoms. The Bertz CT molecular complexity index is 786. The van der Waals surface area contributed by atoms with Gasteiger partial charge in [0, 0.05) is 12.2 Å². The number of fused-ring (bicyclic) bond motifs is 1. The molecule has 24 heavy (non-hydrogen) atoms. The van der Waals surface area contributed by atoms with E-state index in [0.717, 1.165) is 23.2 Å². The third-order valence-corrected chi connectivity index (χ3v) is 4.13. The minimum absolute atomic E-state index is 0.189. The lowest BCUT2D eigenvalue weighted by atomic mass is 10.2. The molecule has 0 unspecified atom stereocenters. The normalized spacial score (nSPS) is 12.7. The van der Waals surface area contributed by atoms with Crippen LogP contribution in [0, 0.1) is 6.92 Å². The van der Waals surface area contributed by atoms with E-state index in [1.54, 1.807) is 18.1 Å². The zero-order valence-electron chi connectivity index (χ0n) is 13.8. The van der Waals surface area contributed by atoms with Crippen LogP contribution in [-0.4, -0.2) is 25.5 Å². The fourth-order valence-electron chi connectivity index (χ4n) is 2.94. The Labute approximate surface area is 141 Å². The van der Waals surface area contributed by atoms with Crippen molar-refractivity contribution in [3.63, 3.8) is 0 Å². The largest absolute Gasteiger partial charge is 0.495 e. The molecule has 0 saturated heterocycles. The molecule has 1 N–H and O–H groups in total. The SMILES string of the molecule is COc1ccc(C)cc1NC(=O)CC(=O)N1CCc2ccccc21. The maximum Gasteiger partial charge on any atom is 0.236 e. The molecule has 0 saturated carbocycles. The van der Waals surface area contributed by atoms with Gasteiger partial charge in [-0.15, -0.1) is 0 Å². The first kappa shape index (κ1) is 16.1. The molecule has 2 aromatic rings. The first-order valence-electron chi connectivity index (χ1n) is 7.91. The molecule has 124 valence electrons. The Morgan fingerprint density at radius 1 is 1.21 bits per heavy atom. The Kier molecular flexibility index (Phi) is 4.51. The van der Waals surface area contributed by atoms with Crippen molar-refractivity contribution in [2.75, 3.05) is 23.9 Å². The Morgan fingerprint density at radius 3 is 2.79 bits per heavy atom. The summed E-state index contributed by atoms with van der Waals surface area (Å²) in [5, 5.41) is 2.77. The Hall–Kier alpha value is -2.82. The maximum atomic E-state index is 12.5. The van der Waals surface area contributed by atoms with Gasteiger partial charge in [-0.1, -0.05) is 24.3 Å². The quantitative estimate of drug-likeness (QED) is 0.880. The van der Waals surface area contributed by atoms with Crippen molar-refractivity contribution in [1.82, 2.24) is 0 Å². The topological polar surface area (TPSA) is 58.6 Å². The number of nitrogens with zero attached hydrogens (tertiary/aromatic N) is 1. The molecule has 0 radical (unpaired) electrons. The van der Waals surface area contributed by atoms with Crippen LogP contribution >= 0.6 is 0 Å². The highest BCUT2D eigenvalue weighted by atomic mass is 16.5. The molecule has 0 atom stereocenters. The summed E-state index contributed by atoms with van der Waals surface area (Å²) < 4.78 is 5.24. The Balaban J connectivity index is 1.68. The third kappa shape index (κ3) is 3.25. The van der Waals surface area contributed by atoms with Crippen molar-refractivity contribution in [3.8, 4) is 5.75 Å². The van der Waals surface area contributed by atoms with Crippen LogP contribution in [-0.2, 0) is 16.0 Å². The van der Waals surface area contributed by atoms with Crippen LogP contribution in [0.3, 0.4) is 0 Å². The van der Waals surface area contributed by atoms with Gasteiger partial charge in [-0.25, -0.2) is 0 Å². The molecule has 0 fully saturated rings. The Morgan fingerprint density at radius 2 is 2.00 bits per heavy atom. The van der Waals surface area contributed by atoms with E-state index < -0.39 is 0 Å². The second-order valence-corrected chi connectivity index (χ2v) is 5.85. The van der Waals surface area contributed by atoms with Gasteiger partial charge < -0.3 is 15.0 Å². The smallest absolute Gasteiger partial charge is 0.236 e. The molecule has 1 aliphatic rings. The molecular formula is C19H20N2O3. The molecule has 2 amide bonds. The number of para-hydroxylation sites is 1. The molecule has 0 aliphatic carbocycles. The maximum absolute atomic E-state index is 12.5. The summed E-state index contributed by atoms with van der Waals surface area (Å²) in [5.41, 5.74) is 3.64. The molecule has 2 aromatic carbocycles. The summed E-state index contributed by atoms with van der Waals surface area (Å²) in [7, 11) is 1.55. The number of nitrogens with one attached hydrogen (secondary N) is 1. The number of hydrogen-bond acceptors (Lipinski definition) is 3. The van der Waals surface area contributed by atoms with Gasteiger partial charge in [-0.3, -0.25) is 9.59 Å². The summed E-state index contributed by atoms with van der Waals surface area (Å²) in [6, 6.07) is 13.3. The molecule has 0 bridgehead atoms. The predicted octanol–water partition coefficient (Wildman–Crippen LogP) is 2.92. The molecule has 0 spiro atoms. The highest BCUT2D eigenvalue weighted by molar-refractivity contribution is 6.10. The van der Waals surface area contributed by atoms with Crippen molar-refractivity contribution >= 4 is 23.2 Å². The fourth-order valence-corrected chi connectivity index (χ4v) is 2.94. The molecular weight excluding hydrogens is 304 g/mol. The van der Waals surface area contributed by atoms with E-state index in [1.165, 1.54) is 0 Å². The number of methoxy groups -OCH3 is 1. The zero-order chi connectivity index (χ0) is 17.1. The number of hydrogen-bond donors (Lipinski definition) is 1. The number of anilines is 2. The number of rotatable bonds is 4. The van der Waals surface area contributed by atoms with E-state index in [1.807, 2.05) is 43.3 Å². The van der Waals surface area contributed by atoms with Crippen molar-refractivity contribution in [3.05, 3.63) is 53.6 Å². The van der Waals surface area contributed by atoms with E-state index in [2.05, 4.69) is 5.32 Å². The van der Waals surface area contributed by atoms with Gasteiger partial charge in [-0.2, -0.15) is 0 Å². The van der Waals surface area contributed by atoms with Gasteiger partial charge >= 0.3 is 0 Å². The standard InChI is InChI=1S/C19H20N2O3/c1-13-7-8-17(24-2)15(11-13)20-18(22)12-19(23)21-10-9-14-5-3-4-6-16(14)21/h3-8,11H,9-10,12H2,1-2H3,(H,20,22). The van der Waals surface area contributed by atoms with Crippen molar-refractivity contribution < 1.29 is 14.3 Å². The van der Waals surface area contributed by atoms with Crippen molar-refractivity contribution in [1.29, 1.82) is 0 Å². The van der Waals surface area contributed by atoms with E-state index in [4.69, 9.17) is 4.74 Å². The van der Waals surface area contributed by atoms with Crippen LogP contribution in [0.15, 0.2) is 42.5 Å². The fraction of sp³-hybridized carbons (Fsp3) is 0.263. The van der Waals surface area contributed by atoms with Crippen LogP contribution in [0.5, 0.6) is 5.75 Å². The summed E-state index contributed by atoms with van der Waals surface area (Å²) in [6.45, 7) is 2.56. The minimum atomic E-state index is -0.340.